The number of rotatable bonds is 10. The van der Waals surface area contributed by atoms with Gasteiger partial charge in [-0.1, -0.05) is 331 Å². The number of hydrogen-bond acceptors (Lipinski definition) is 10. The largest absolute Gasteiger partial charge is 0.534 e. The summed E-state index contributed by atoms with van der Waals surface area (Å²) in [6.07, 6.45) is 0. The van der Waals surface area contributed by atoms with Crippen LogP contribution in [-0.2, 0) is 20.1 Å². The summed E-state index contributed by atoms with van der Waals surface area (Å²) < 4.78 is 13.3. The number of ketones is 2. The molecule has 0 amide bonds. The number of aromatic nitrogens is 6. The van der Waals surface area contributed by atoms with E-state index in [2.05, 4.69) is 152 Å². The van der Waals surface area contributed by atoms with Crippen molar-refractivity contribution in [3.63, 3.8) is 0 Å². The Labute approximate surface area is 590 Å². The van der Waals surface area contributed by atoms with Crippen molar-refractivity contribution in [2.75, 3.05) is 0 Å². The summed E-state index contributed by atoms with van der Waals surface area (Å²) in [5.74, 6) is 3.20. The Bertz CT molecular complexity index is 5070. The fourth-order valence-electron chi connectivity index (χ4n) is 14.0. The van der Waals surface area contributed by atoms with Crippen LogP contribution in [0.2, 0.25) is 0 Å². The Morgan fingerprint density at radius 1 is 0.270 bits per heavy atom. The molecule has 0 atom stereocenters. The van der Waals surface area contributed by atoms with Crippen LogP contribution in [0.5, 0.6) is 0 Å². The van der Waals surface area contributed by atoms with Gasteiger partial charge in [0.1, 0.15) is 0 Å². The molecule has 14 aromatic rings. The molecule has 0 unspecified atom stereocenters. The predicted octanol–water partition coefficient (Wildman–Crippen LogP) is 18.7. The Kier molecular flexibility index (Phi) is 17.4. The Morgan fingerprint density at radius 3 is 0.800 bits per heavy atom. The van der Waals surface area contributed by atoms with Gasteiger partial charge in [-0.25, -0.2) is 29.9 Å². The average molecular weight is 1360 g/mol. The van der Waals surface area contributed by atoms with E-state index in [0.29, 0.717) is 34.8 Å². The van der Waals surface area contributed by atoms with E-state index in [1.165, 1.54) is 0 Å². The molecule has 482 valence electrons. The standard InChI is InChI=1S/C41H27N3O.C26H17BrO.C21H22BN3O2/c45-37-33-20-10-12-22-35(33)41(31-18-8-3-9-19-31,36-23-13-11-21-34(36)37)32-26-24-30(25-27-32)40-43-38(28-14-4-1-5-15-28)42-39(44-40)29-16-6-2-7-17-29;27-20-16-14-19(15-17-20)26(18-8-2-1-3-9-18)23-12-6-4-10-21(23)25(28)22-11-5-7-13-24(22)26;1-20(2)21(3,4)27-22(26-20)19-24-17(15-11-7-5-8-12-15)23-18(25-19)16-13-9-6-10-14-16/h1-27H;1-17H;5-14H,1-4H3. The summed E-state index contributed by atoms with van der Waals surface area (Å²) in [5, 5.41) is 0. The molecule has 2 aromatic heterocycles. The first-order chi connectivity index (χ1) is 48.8. The number of carbonyl (C=O) groups excluding carboxylic acids is 2. The normalized spacial score (nSPS) is 14.7. The summed E-state index contributed by atoms with van der Waals surface area (Å²) in [6, 6.07) is 110. The van der Waals surface area contributed by atoms with Gasteiger partial charge in [-0.3, -0.25) is 9.59 Å². The number of nitrogens with zero attached hydrogens (tertiary/aromatic N) is 6. The monoisotopic (exact) mass is 1360 g/mol. The maximum Gasteiger partial charge on any atom is 0.534 e. The van der Waals surface area contributed by atoms with Crippen LogP contribution in [0.25, 0.3) is 56.9 Å². The zero-order chi connectivity index (χ0) is 68.4. The summed E-state index contributed by atoms with van der Waals surface area (Å²) in [7, 11) is -0.636. The predicted molar refractivity (Wildman–Crippen MR) is 400 cm³/mol. The van der Waals surface area contributed by atoms with Gasteiger partial charge in [0.05, 0.1) is 22.0 Å². The molecule has 10 nitrogen and oxygen atoms in total. The van der Waals surface area contributed by atoms with Crippen molar-refractivity contribution >= 4 is 40.3 Å². The highest BCUT2D eigenvalue weighted by atomic mass is 79.9. The highest BCUT2D eigenvalue weighted by molar-refractivity contribution is 9.10. The molecule has 17 rings (SSSR count). The second-order valence-corrected chi connectivity index (χ2v) is 26.8. The highest BCUT2D eigenvalue weighted by Crippen LogP contribution is 2.53. The molecular weight excluding hydrogens is 1300 g/mol. The molecule has 0 saturated carbocycles. The van der Waals surface area contributed by atoms with Crippen LogP contribution in [-0.4, -0.2) is 59.8 Å². The third kappa shape index (κ3) is 11.8. The third-order valence-electron chi connectivity index (χ3n) is 19.4. The minimum absolute atomic E-state index is 0.0523. The van der Waals surface area contributed by atoms with Crippen molar-refractivity contribution in [1.29, 1.82) is 0 Å². The molecule has 1 fully saturated rings. The molecule has 100 heavy (non-hydrogen) atoms. The maximum absolute atomic E-state index is 13.8. The van der Waals surface area contributed by atoms with E-state index in [9.17, 15) is 9.59 Å². The average Bonchev–Trinajstić information content (AvgIpc) is 0.895. The van der Waals surface area contributed by atoms with Gasteiger partial charge in [-0.05, 0) is 84.3 Å². The van der Waals surface area contributed by atoms with Crippen molar-refractivity contribution in [2.24, 2.45) is 0 Å². The topological polar surface area (TPSA) is 130 Å². The zero-order valence-electron chi connectivity index (χ0n) is 55.4. The Balaban J connectivity index is 0.000000128. The molecule has 0 N–H and O–H groups in total. The Morgan fingerprint density at radius 2 is 0.500 bits per heavy atom. The maximum atomic E-state index is 13.8. The number of hydrogen-bond donors (Lipinski definition) is 0. The second-order valence-electron chi connectivity index (χ2n) is 25.9. The van der Waals surface area contributed by atoms with Crippen LogP contribution >= 0.6 is 15.9 Å². The molecule has 3 aliphatic rings. The Hall–Kier alpha value is -11.5. The van der Waals surface area contributed by atoms with E-state index in [1.807, 2.05) is 234 Å². The van der Waals surface area contributed by atoms with Crippen molar-refractivity contribution in [3.8, 4) is 56.9 Å². The molecular formula is C88H66BBrN6O4. The number of benzene rings is 12. The molecule has 12 aromatic carbocycles. The van der Waals surface area contributed by atoms with Crippen molar-refractivity contribution in [2.45, 2.75) is 49.7 Å². The lowest BCUT2D eigenvalue weighted by Crippen LogP contribution is -2.41. The first-order valence-corrected chi connectivity index (χ1v) is 34.2. The zero-order valence-corrected chi connectivity index (χ0v) is 57.0. The van der Waals surface area contributed by atoms with Crippen LogP contribution < -0.4 is 5.72 Å². The van der Waals surface area contributed by atoms with Crippen molar-refractivity contribution in [3.05, 3.63) is 399 Å². The number of carbonyl (C=O) groups is 2. The van der Waals surface area contributed by atoms with Gasteiger partial charge >= 0.3 is 7.12 Å². The van der Waals surface area contributed by atoms with Gasteiger partial charge in [-0.15, -0.1) is 0 Å². The van der Waals surface area contributed by atoms with Crippen LogP contribution in [0.15, 0.2) is 332 Å². The van der Waals surface area contributed by atoms with E-state index in [0.717, 1.165) is 99.1 Å². The number of fused-ring (bicyclic) bond motifs is 4. The molecule has 3 heterocycles. The molecule has 0 radical (unpaired) electrons. The van der Waals surface area contributed by atoms with E-state index < -0.39 is 29.2 Å². The minimum atomic E-state index is -0.690. The fraction of sp³-hybridized carbons (Fsp3) is 0.0909. The third-order valence-corrected chi connectivity index (χ3v) is 20.0. The lowest BCUT2D eigenvalue weighted by Gasteiger charge is -2.41. The molecule has 1 aliphatic heterocycles. The molecule has 12 heteroatoms. The lowest BCUT2D eigenvalue weighted by molar-refractivity contribution is 0.00578. The molecule has 0 spiro atoms. The SMILES string of the molecule is CC1(C)OB(c2nc(-c3ccccc3)nc(-c3ccccc3)n2)OC1(C)C.O=C1c2ccccc2C(c2ccccc2)(c2ccc(-c3nc(-c4ccccc4)nc(-c4ccccc4)n3)cc2)c2ccccc21.O=C1c2ccccc2C(c2ccccc2)(c2ccc(Br)cc2)c2ccccc21. The highest BCUT2D eigenvalue weighted by Gasteiger charge is 2.54. The van der Waals surface area contributed by atoms with E-state index in [-0.39, 0.29) is 11.6 Å². The molecule has 1 saturated heterocycles. The van der Waals surface area contributed by atoms with Gasteiger partial charge in [0.15, 0.2) is 46.4 Å². The van der Waals surface area contributed by atoms with Gasteiger partial charge in [0.2, 0.25) is 0 Å². The molecule has 0 bridgehead atoms. The van der Waals surface area contributed by atoms with Gasteiger partial charge in [-0.2, -0.15) is 0 Å². The first kappa shape index (κ1) is 64.5. The van der Waals surface area contributed by atoms with E-state index in [1.54, 1.807) is 0 Å². The van der Waals surface area contributed by atoms with Crippen LogP contribution in [0.3, 0.4) is 0 Å². The summed E-state index contributed by atoms with van der Waals surface area (Å²) >= 11 is 3.56. The second kappa shape index (κ2) is 27.1. The van der Waals surface area contributed by atoms with Gasteiger partial charge in [0.25, 0.3) is 0 Å². The summed E-state index contributed by atoms with van der Waals surface area (Å²) in [5.41, 5.74) is 14.4. The minimum Gasteiger partial charge on any atom is -0.397 e. The van der Waals surface area contributed by atoms with Crippen molar-refractivity contribution < 1.29 is 18.9 Å². The fourth-order valence-corrected chi connectivity index (χ4v) is 14.2. The van der Waals surface area contributed by atoms with Gasteiger partial charge < -0.3 is 9.31 Å². The van der Waals surface area contributed by atoms with Crippen LogP contribution in [0.1, 0.15) is 104 Å². The quantitative estimate of drug-likeness (QED) is 0.122. The van der Waals surface area contributed by atoms with Crippen LogP contribution in [0.4, 0.5) is 0 Å². The van der Waals surface area contributed by atoms with E-state index in [4.69, 9.17) is 24.3 Å². The lowest BCUT2D eigenvalue weighted by atomic mass is 9.59. The van der Waals surface area contributed by atoms with Crippen LogP contribution in [0, 0.1) is 0 Å². The van der Waals surface area contributed by atoms with Gasteiger partial charge in [0, 0.05) is 54.5 Å². The smallest absolute Gasteiger partial charge is 0.397 e. The summed E-state index contributed by atoms with van der Waals surface area (Å²) in [6.45, 7) is 8.07. The number of halogens is 1. The first-order valence-electron chi connectivity index (χ1n) is 33.4. The summed E-state index contributed by atoms with van der Waals surface area (Å²) in [4.78, 5) is 55.8. The van der Waals surface area contributed by atoms with Crippen molar-refractivity contribution in [1.82, 2.24) is 29.9 Å². The van der Waals surface area contributed by atoms with E-state index >= 15 is 0 Å². The molecule has 2 aliphatic carbocycles.